The van der Waals surface area contributed by atoms with E-state index in [1.165, 1.54) is 22.6 Å². The minimum atomic E-state index is -1.10. The minimum Gasteiger partial charge on any atom is -0.492 e. The highest BCUT2D eigenvalue weighted by Gasteiger charge is 2.21. The summed E-state index contributed by atoms with van der Waals surface area (Å²) in [4.78, 5) is 19.5. The Morgan fingerprint density at radius 1 is 1.14 bits per heavy atom. The first-order valence-electron chi connectivity index (χ1n) is 8.77. The number of hydrogen-bond acceptors (Lipinski definition) is 6. The Labute approximate surface area is 159 Å². The smallest absolute Gasteiger partial charge is 0.338 e. The van der Waals surface area contributed by atoms with Crippen LogP contribution in [-0.2, 0) is 0 Å². The number of aromatic hydroxyl groups is 1. The molecule has 4 rings (SSSR count). The van der Waals surface area contributed by atoms with Crippen molar-refractivity contribution in [2.24, 2.45) is 0 Å². The highest BCUT2D eigenvalue weighted by Crippen LogP contribution is 2.30. The van der Waals surface area contributed by atoms with Crippen molar-refractivity contribution in [3.05, 3.63) is 59.5 Å². The molecule has 1 atom stereocenters. The number of carboxylic acids is 1. The average Bonchev–Trinajstić information content (AvgIpc) is 3.32. The van der Waals surface area contributed by atoms with Crippen molar-refractivity contribution in [1.82, 2.24) is 29.5 Å². The van der Waals surface area contributed by atoms with Crippen LogP contribution in [0.1, 0.15) is 40.9 Å². The fourth-order valence-corrected chi connectivity index (χ4v) is 3.15. The van der Waals surface area contributed by atoms with Crippen molar-refractivity contribution in [2.75, 3.05) is 0 Å². The van der Waals surface area contributed by atoms with Crippen LogP contribution in [0.3, 0.4) is 0 Å². The number of aromatic nitrogens is 6. The van der Waals surface area contributed by atoms with Gasteiger partial charge in [0.15, 0.2) is 0 Å². The van der Waals surface area contributed by atoms with Gasteiger partial charge in [0.1, 0.15) is 11.0 Å². The Hall–Kier alpha value is -3.75. The summed E-state index contributed by atoms with van der Waals surface area (Å²) in [5.41, 5.74) is 3.10. The molecule has 0 amide bonds. The average molecular weight is 378 g/mol. The standard InChI is InChI=1S/C19H18N6O3/c1-3-15(12-6-4-11(2)5-7-12)25-16-14(9-21-25)22-19(23-17(16)26)24-10-13(8-20-24)18(27)28/h4-10,15H,3H2,1-2H3,(H,27,28)(H,22,23,26). The van der Waals surface area contributed by atoms with Crippen LogP contribution < -0.4 is 0 Å². The molecule has 0 fully saturated rings. The first kappa shape index (κ1) is 17.7. The van der Waals surface area contributed by atoms with Gasteiger partial charge in [0.25, 0.3) is 5.95 Å². The number of carboxylic acid groups (broad SMARTS) is 1. The lowest BCUT2D eigenvalue weighted by atomic mass is 10.0. The molecule has 4 aromatic rings. The van der Waals surface area contributed by atoms with E-state index in [9.17, 15) is 9.90 Å². The number of aryl methyl sites for hydroxylation is 1. The molecule has 0 aliphatic carbocycles. The number of hydrogen-bond donors (Lipinski definition) is 2. The maximum atomic E-state index is 11.0. The molecule has 2 N–H and O–H groups in total. The molecule has 1 unspecified atom stereocenters. The van der Waals surface area contributed by atoms with Crippen molar-refractivity contribution in [1.29, 1.82) is 0 Å². The van der Waals surface area contributed by atoms with Gasteiger partial charge in [-0.15, -0.1) is 0 Å². The topological polar surface area (TPSA) is 119 Å². The molecule has 0 bridgehead atoms. The minimum absolute atomic E-state index is 0.00398. The quantitative estimate of drug-likeness (QED) is 0.548. The molecule has 9 heteroatoms. The van der Waals surface area contributed by atoms with Gasteiger partial charge in [-0.25, -0.2) is 14.5 Å². The van der Waals surface area contributed by atoms with Crippen LogP contribution in [0.25, 0.3) is 17.0 Å². The van der Waals surface area contributed by atoms with Crippen LogP contribution in [0.15, 0.2) is 42.9 Å². The lowest BCUT2D eigenvalue weighted by molar-refractivity contribution is 0.0697. The van der Waals surface area contributed by atoms with Gasteiger partial charge in [-0.3, -0.25) is 4.68 Å². The fourth-order valence-electron chi connectivity index (χ4n) is 3.15. The number of nitrogens with zero attached hydrogens (tertiary/aromatic N) is 6. The molecule has 0 saturated carbocycles. The summed E-state index contributed by atoms with van der Waals surface area (Å²) in [6.45, 7) is 4.07. The van der Waals surface area contributed by atoms with E-state index < -0.39 is 5.97 Å². The number of rotatable bonds is 5. The Bertz CT molecular complexity index is 1160. The van der Waals surface area contributed by atoms with Gasteiger partial charge in [0, 0.05) is 6.20 Å². The van der Waals surface area contributed by atoms with Crippen LogP contribution >= 0.6 is 0 Å². The molecule has 0 saturated heterocycles. The van der Waals surface area contributed by atoms with Crippen molar-refractivity contribution in [2.45, 2.75) is 26.3 Å². The maximum absolute atomic E-state index is 11.0. The molecule has 3 aromatic heterocycles. The normalized spacial score (nSPS) is 12.4. The van der Waals surface area contributed by atoms with E-state index in [0.29, 0.717) is 11.0 Å². The maximum Gasteiger partial charge on any atom is 0.338 e. The van der Waals surface area contributed by atoms with Crippen LogP contribution in [-0.4, -0.2) is 45.7 Å². The molecule has 0 radical (unpaired) electrons. The molecule has 142 valence electrons. The zero-order valence-electron chi connectivity index (χ0n) is 15.3. The third-order valence-corrected chi connectivity index (χ3v) is 4.59. The SMILES string of the molecule is CCC(c1ccc(C)cc1)n1ncc2nc(-n3cc(C(=O)O)cn3)nc(O)c21. The van der Waals surface area contributed by atoms with Crippen LogP contribution in [0, 0.1) is 6.92 Å². The summed E-state index contributed by atoms with van der Waals surface area (Å²) < 4.78 is 2.92. The number of aromatic carboxylic acids is 1. The Morgan fingerprint density at radius 3 is 2.54 bits per heavy atom. The summed E-state index contributed by atoms with van der Waals surface area (Å²) in [6.07, 6.45) is 4.80. The summed E-state index contributed by atoms with van der Waals surface area (Å²) >= 11 is 0. The first-order valence-corrected chi connectivity index (χ1v) is 8.77. The van der Waals surface area contributed by atoms with E-state index >= 15 is 0 Å². The number of carbonyl (C=O) groups is 1. The van der Waals surface area contributed by atoms with E-state index in [1.807, 2.05) is 38.1 Å². The molecule has 0 spiro atoms. The zero-order chi connectivity index (χ0) is 19.8. The van der Waals surface area contributed by atoms with Gasteiger partial charge in [0.2, 0.25) is 5.88 Å². The van der Waals surface area contributed by atoms with Crippen LogP contribution in [0.5, 0.6) is 5.88 Å². The lowest BCUT2D eigenvalue weighted by Gasteiger charge is -2.17. The van der Waals surface area contributed by atoms with Gasteiger partial charge >= 0.3 is 5.97 Å². The molecule has 1 aromatic carbocycles. The second-order valence-corrected chi connectivity index (χ2v) is 6.48. The van der Waals surface area contributed by atoms with Crippen molar-refractivity contribution in [3.8, 4) is 11.8 Å². The molecular formula is C19H18N6O3. The second-order valence-electron chi connectivity index (χ2n) is 6.48. The molecule has 0 aliphatic heterocycles. The predicted molar refractivity (Wildman–Crippen MR) is 101 cm³/mol. The third-order valence-electron chi connectivity index (χ3n) is 4.59. The van der Waals surface area contributed by atoms with Gasteiger partial charge in [0.05, 0.1) is 24.0 Å². The van der Waals surface area contributed by atoms with E-state index in [2.05, 4.69) is 20.2 Å². The highest BCUT2D eigenvalue weighted by molar-refractivity contribution is 5.87. The monoisotopic (exact) mass is 378 g/mol. The van der Waals surface area contributed by atoms with E-state index in [-0.39, 0.29) is 23.4 Å². The Morgan fingerprint density at radius 2 is 1.89 bits per heavy atom. The number of fused-ring (bicyclic) bond motifs is 1. The van der Waals surface area contributed by atoms with E-state index in [1.54, 1.807) is 10.9 Å². The lowest BCUT2D eigenvalue weighted by Crippen LogP contribution is -2.12. The summed E-state index contributed by atoms with van der Waals surface area (Å²) in [7, 11) is 0. The largest absolute Gasteiger partial charge is 0.492 e. The highest BCUT2D eigenvalue weighted by atomic mass is 16.4. The van der Waals surface area contributed by atoms with Gasteiger partial charge in [-0.1, -0.05) is 36.8 Å². The third kappa shape index (κ3) is 2.96. The van der Waals surface area contributed by atoms with Crippen LogP contribution in [0.2, 0.25) is 0 Å². The zero-order valence-corrected chi connectivity index (χ0v) is 15.3. The Balaban J connectivity index is 1.79. The van der Waals surface area contributed by atoms with Gasteiger partial charge < -0.3 is 10.2 Å². The molecule has 3 heterocycles. The van der Waals surface area contributed by atoms with E-state index in [4.69, 9.17) is 5.11 Å². The Kier molecular flexibility index (Phi) is 4.26. The fraction of sp³-hybridized carbons (Fsp3) is 0.211. The number of benzene rings is 1. The van der Waals surface area contributed by atoms with Crippen molar-refractivity contribution < 1.29 is 15.0 Å². The molecule has 28 heavy (non-hydrogen) atoms. The van der Waals surface area contributed by atoms with Crippen molar-refractivity contribution >= 4 is 17.0 Å². The van der Waals surface area contributed by atoms with Crippen molar-refractivity contribution in [3.63, 3.8) is 0 Å². The summed E-state index contributed by atoms with van der Waals surface area (Å²) in [6, 6.07) is 8.08. The molecule has 9 nitrogen and oxygen atoms in total. The van der Waals surface area contributed by atoms with E-state index in [0.717, 1.165) is 12.0 Å². The predicted octanol–water partition coefficient (Wildman–Crippen LogP) is 2.72. The van der Waals surface area contributed by atoms with Gasteiger partial charge in [-0.2, -0.15) is 15.2 Å². The molecule has 0 aliphatic rings. The summed E-state index contributed by atoms with van der Waals surface area (Å²) in [5, 5.41) is 28.0. The van der Waals surface area contributed by atoms with Gasteiger partial charge in [-0.05, 0) is 18.9 Å². The van der Waals surface area contributed by atoms with Crippen LogP contribution in [0.4, 0.5) is 0 Å². The first-order chi connectivity index (χ1) is 13.5. The summed E-state index contributed by atoms with van der Waals surface area (Å²) in [5.74, 6) is -1.27. The second kappa shape index (κ2) is 6.76. The molecular weight excluding hydrogens is 360 g/mol.